The molecule has 1 aromatic rings. The Morgan fingerprint density at radius 2 is 1.81 bits per heavy atom. The number of hydrogen-bond donors (Lipinski definition) is 1. The number of rotatable bonds is 4. The lowest BCUT2D eigenvalue weighted by molar-refractivity contribution is 0.0446. The van der Waals surface area contributed by atoms with Gasteiger partial charge in [0, 0.05) is 24.5 Å². The van der Waals surface area contributed by atoms with Gasteiger partial charge in [-0.25, -0.2) is 0 Å². The van der Waals surface area contributed by atoms with E-state index in [0.29, 0.717) is 0 Å². The average Bonchev–Trinajstić information content (AvgIpc) is 2.56. The van der Waals surface area contributed by atoms with Crippen molar-refractivity contribution in [1.82, 2.24) is 4.90 Å². The second-order valence-electron chi connectivity index (χ2n) is 7.36. The fourth-order valence-corrected chi connectivity index (χ4v) is 4.49. The number of piperidine rings is 1. The molecule has 1 saturated heterocycles. The molecule has 1 aliphatic carbocycles. The van der Waals surface area contributed by atoms with Gasteiger partial charge >= 0.3 is 0 Å². The van der Waals surface area contributed by atoms with Crippen molar-refractivity contribution in [3.8, 4) is 0 Å². The number of hydrogen-bond acceptors (Lipinski definition) is 2. The molecule has 2 aliphatic rings. The summed E-state index contributed by atoms with van der Waals surface area (Å²) >= 11 is 0. The van der Waals surface area contributed by atoms with Gasteiger partial charge < -0.3 is 5.73 Å². The Balaban J connectivity index is 1.76. The van der Waals surface area contributed by atoms with Gasteiger partial charge in [0.05, 0.1) is 0 Å². The smallest absolute Gasteiger partial charge is 0.0174 e. The molecule has 3 unspecified atom stereocenters. The maximum atomic E-state index is 6.20. The molecule has 21 heavy (non-hydrogen) atoms. The number of fused-ring (bicyclic) bond motifs is 1. The van der Waals surface area contributed by atoms with Crippen molar-refractivity contribution >= 4 is 0 Å². The molecular weight excluding hydrogens is 256 g/mol. The largest absolute Gasteiger partial charge is 0.330 e. The first-order valence-electron chi connectivity index (χ1n) is 8.72. The summed E-state index contributed by atoms with van der Waals surface area (Å²) in [6.45, 7) is 5.46. The minimum Gasteiger partial charge on any atom is -0.330 e. The summed E-state index contributed by atoms with van der Waals surface area (Å²) in [6, 6.07) is 11.7. The molecule has 1 saturated carbocycles. The minimum atomic E-state index is 0.0839. The molecule has 116 valence electrons. The van der Waals surface area contributed by atoms with Crippen LogP contribution in [0.3, 0.4) is 0 Å². The Bertz CT molecular complexity index is 442. The molecule has 2 N–H and O–H groups in total. The molecular formula is C19H30N2. The lowest BCUT2D eigenvalue weighted by Gasteiger charge is -2.47. The van der Waals surface area contributed by atoms with Crippen LogP contribution in [0.4, 0.5) is 0 Å². The number of nitrogens with two attached hydrogens (primary N) is 1. The van der Waals surface area contributed by atoms with Crippen LogP contribution in [-0.4, -0.2) is 30.6 Å². The zero-order valence-corrected chi connectivity index (χ0v) is 13.4. The standard InChI is InChI=1S/C19H30N2/c1-19(14-20,17-10-3-2-4-11-17)15-21-13-7-9-16-8-5-6-12-18(16)21/h2-4,10-11,16,18H,5-9,12-15,20H2,1H3. The molecule has 2 heteroatoms. The summed E-state index contributed by atoms with van der Waals surface area (Å²) in [4.78, 5) is 2.77. The van der Waals surface area contributed by atoms with Gasteiger partial charge in [-0.1, -0.05) is 50.1 Å². The van der Waals surface area contributed by atoms with Crippen LogP contribution in [0, 0.1) is 5.92 Å². The van der Waals surface area contributed by atoms with Gasteiger partial charge in [0.25, 0.3) is 0 Å². The highest BCUT2D eigenvalue weighted by atomic mass is 15.2. The van der Waals surface area contributed by atoms with E-state index in [0.717, 1.165) is 25.0 Å². The molecule has 2 fully saturated rings. The lowest BCUT2D eigenvalue weighted by atomic mass is 9.76. The van der Waals surface area contributed by atoms with Gasteiger partial charge in [-0.15, -0.1) is 0 Å². The highest BCUT2D eigenvalue weighted by molar-refractivity contribution is 5.25. The normalized spacial score (nSPS) is 29.6. The number of benzene rings is 1. The summed E-state index contributed by atoms with van der Waals surface area (Å²) in [6.07, 6.45) is 8.54. The van der Waals surface area contributed by atoms with Gasteiger partial charge in [0.1, 0.15) is 0 Å². The Labute approximate surface area is 129 Å². The SMILES string of the molecule is CC(CN)(CN1CCCC2CCCCC21)c1ccccc1. The zero-order chi connectivity index (χ0) is 14.7. The minimum absolute atomic E-state index is 0.0839. The number of likely N-dealkylation sites (tertiary alicyclic amines) is 1. The Morgan fingerprint density at radius 1 is 1.10 bits per heavy atom. The summed E-state index contributed by atoms with van der Waals surface area (Å²) < 4.78 is 0. The van der Waals surface area contributed by atoms with Crippen LogP contribution in [0.25, 0.3) is 0 Å². The van der Waals surface area contributed by atoms with Crippen LogP contribution in [0.15, 0.2) is 30.3 Å². The van der Waals surface area contributed by atoms with E-state index < -0.39 is 0 Å². The van der Waals surface area contributed by atoms with E-state index in [2.05, 4.69) is 42.2 Å². The van der Waals surface area contributed by atoms with Gasteiger partial charge in [-0.05, 0) is 43.7 Å². The van der Waals surface area contributed by atoms with Crippen molar-refractivity contribution < 1.29 is 0 Å². The average molecular weight is 286 g/mol. The van der Waals surface area contributed by atoms with E-state index in [1.54, 1.807) is 0 Å². The first-order chi connectivity index (χ1) is 10.2. The van der Waals surface area contributed by atoms with Crippen LogP contribution in [0.1, 0.15) is 51.0 Å². The third-order valence-corrected chi connectivity index (χ3v) is 5.83. The monoisotopic (exact) mass is 286 g/mol. The van der Waals surface area contributed by atoms with Crippen molar-refractivity contribution in [2.45, 2.75) is 56.9 Å². The highest BCUT2D eigenvalue weighted by Gasteiger charge is 2.37. The van der Waals surface area contributed by atoms with Crippen molar-refractivity contribution in [2.75, 3.05) is 19.6 Å². The molecule has 3 atom stereocenters. The quantitative estimate of drug-likeness (QED) is 0.917. The van der Waals surface area contributed by atoms with E-state index in [1.807, 2.05) is 0 Å². The fraction of sp³-hybridized carbons (Fsp3) is 0.684. The molecule has 0 amide bonds. The molecule has 0 aromatic heterocycles. The molecule has 3 rings (SSSR count). The van der Waals surface area contributed by atoms with Crippen molar-refractivity contribution in [1.29, 1.82) is 0 Å². The topological polar surface area (TPSA) is 29.3 Å². The first kappa shape index (κ1) is 15.1. The van der Waals surface area contributed by atoms with Crippen molar-refractivity contribution in [2.24, 2.45) is 11.7 Å². The third-order valence-electron chi connectivity index (χ3n) is 5.83. The van der Waals surface area contributed by atoms with Crippen LogP contribution in [0.2, 0.25) is 0 Å². The molecule has 0 bridgehead atoms. The summed E-state index contributed by atoms with van der Waals surface area (Å²) in [5, 5.41) is 0. The van der Waals surface area contributed by atoms with E-state index in [4.69, 9.17) is 5.73 Å². The van der Waals surface area contributed by atoms with Gasteiger partial charge in [-0.2, -0.15) is 0 Å². The van der Waals surface area contributed by atoms with Crippen LogP contribution in [0.5, 0.6) is 0 Å². The van der Waals surface area contributed by atoms with Gasteiger partial charge in [0.15, 0.2) is 0 Å². The summed E-state index contributed by atoms with van der Waals surface area (Å²) in [5.41, 5.74) is 7.68. The second kappa shape index (κ2) is 6.50. The predicted molar refractivity (Wildman–Crippen MR) is 89.4 cm³/mol. The fourth-order valence-electron chi connectivity index (χ4n) is 4.49. The van der Waals surface area contributed by atoms with Crippen molar-refractivity contribution in [3.63, 3.8) is 0 Å². The Kier molecular flexibility index (Phi) is 4.66. The van der Waals surface area contributed by atoms with Gasteiger partial charge in [0.2, 0.25) is 0 Å². The van der Waals surface area contributed by atoms with Crippen LogP contribution >= 0.6 is 0 Å². The predicted octanol–water partition coefficient (Wildman–Crippen LogP) is 3.56. The van der Waals surface area contributed by atoms with Crippen LogP contribution < -0.4 is 5.73 Å². The van der Waals surface area contributed by atoms with E-state index in [-0.39, 0.29) is 5.41 Å². The molecule has 0 spiro atoms. The van der Waals surface area contributed by atoms with E-state index in [9.17, 15) is 0 Å². The Morgan fingerprint density at radius 3 is 2.57 bits per heavy atom. The highest BCUT2D eigenvalue weighted by Crippen LogP contribution is 2.37. The number of nitrogens with zero attached hydrogens (tertiary/aromatic N) is 1. The van der Waals surface area contributed by atoms with E-state index >= 15 is 0 Å². The van der Waals surface area contributed by atoms with Crippen molar-refractivity contribution in [3.05, 3.63) is 35.9 Å². The maximum Gasteiger partial charge on any atom is 0.0174 e. The molecule has 1 heterocycles. The van der Waals surface area contributed by atoms with Gasteiger partial charge in [-0.3, -0.25) is 4.90 Å². The maximum absolute atomic E-state index is 6.20. The zero-order valence-electron chi connectivity index (χ0n) is 13.4. The van der Waals surface area contributed by atoms with Crippen LogP contribution in [-0.2, 0) is 5.41 Å². The molecule has 2 nitrogen and oxygen atoms in total. The second-order valence-corrected chi connectivity index (χ2v) is 7.36. The summed E-state index contributed by atoms with van der Waals surface area (Å²) in [5.74, 6) is 0.949. The summed E-state index contributed by atoms with van der Waals surface area (Å²) in [7, 11) is 0. The first-order valence-corrected chi connectivity index (χ1v) is 8.72. The molecule has 1 aromatic carbocycles. The molecule has 0 radical (unpaired) electrons. The third kappa shape index (κ3) is 3.17. The van der Waals surface area contributed by atoms with E-state index in [1.165, 1.54) is 50.6 Å². The molecule has 1 aliphatic heterocycles. The Hall–Kier alpha value is -0.860. The lowest BCUT2D eigenvalue weighted by Crippen LogP contribution is -2.53.